The molecule has 0 spiro atoms. The topological polar surface area (TPSA) is 105 Å². The van der Waals surface area contributed by atoms with E-state index in [0.29, 0.717) is 6.07 Å². The minimum Gasteiger partial charge on any atom is -0.445 e. The molecule has 1 heterocycles. The Balaban J connectivity index is 1.50. The summed E-state index contributed by atoms with van der Waals surface area (Å²) < 4.78 is 43.7. The standard InChI is InChI=1S/C21H21F3N4O5/c22-21(23,24)16-6-7-17(18(12-16)28(31)32)26-8-10-27(11-9-26)19(29)13-25-20(30)33-14-15-4-2-1-3-5-15/h1-7,12H,8-11,13-14H2,(H,25,30). The molecule has 2 amide bonds. The van der Waals surface area contributed by atoms with Crippen molar-refractivity contribution >= 4 is 23.4 Å². The number of alkyl carbamates (subject to hydrolysis) is 1. The van der Waals surface area contributed by atoms with Crippen LogP contribution in [-0.4, -0.2) is 54.5 Å². The van der Waals surface area contributed by atoms with Gasteiger partial charge in [-0.1, -0.05) is 30.3 Å². The number of nitrogens with one attached hydrogen (secondary N) is 1. The van der Waals surface area contributed by atoms with Gasteiger partial charge in [-0.2, -0.15) is 13.2 Å². The number of nitrogens with zero attached hydrogens (tertiary/aromatic N) is 3. The predicted molar refractivity (Wildman–Crippen MR) is 112 cm³/mol. The molecule has 1 aliphatic heterocycles. The second kappa shape index (κ2) is 10.2. The van der Waals surface area contributed by atoms with Gasteiger partial charge in [0, 0.05) is 32.2 Å². The fraction of sp³-hybridized carbons (Fsp3) is 0.333. The van der Waals surface area contributed by atoms with E-state index in [1.807, 2.05) is 6.07 Å². The molecule has 0 saturated carbocycles. The number of piperazine rings is 1. The SMILES string of the molecule is O=C(NCC(=O)N1CCN(c2ccc(C(F)(F)F)cc2[N+](=O)[O-])CC1)OCc1ccccc1. The van der Waals surface area contributed by atoms with Crippen molar-refractivity contribution in [1.29, 1.82) is 0 Å². The van der Waals surface area contributed by atoms with E-state index in [1.54, 1.807) is 29.2 Å². The third kappa shape index (κ3) is 6.34. The molecule has 0 radical (unpaired) electrons. The molecular weight excluding hydrogens is 445 g/mol. The molecule has 3 rings (SSSR count). The smallest absolute Gasteiger partial charge is 0.416 e. The molecule has 1 fully saturated rings. The van der Waals surface area contributed by atoms with Crippen molar-refractivity contribution in [3.05, 3.63) is 69.8 Å². The Morgan fingerprint density at radius 1 is 1.06 bits per heavy atom. The van der Waals surface area contributed by atoms with Crippen LogP contribution in [0.2, 0.25) is 0 Å². The zero-order chi connectivity index (χ0) is 24.0. The molecule has 1 aliphatic rings. The number of hydrogen-bond donors (Lipinski definition) is 1. The number of amides is 2. The Morgan fingerprint density at radius 3 is 2.33 bits per heavy atom. The number of rotatable bonds is 6. The lowest BCUT2D eigenvalue weighted by molar-refractivity contribution is -0.384. The number of alkyl halides is 3. The molecule has 0 atom stereocenters. The molecule has 0 bridgehead atoms. The van der Waals surface area contributed by atoms with Gasteiger partial charge >= 0.3 is 12.3 Å². The number of nitro benzene ring substituents is 1. The highest BCUT2D eigenvalue weighted by atomic mass is 19.4. The van der Waals surface area contributed by atoms with Crippen LogP contribution in [0.5, 0.6) is 0 Å². The van der Waals surface area contributed by atoms with Gasteiger partial charge in [-0.25, -0.2) is 4.79 Å². The van der Waals surface area contributed by atoms with Crippen LogP contribution in [0.3, 0.4) is 0 Å². The van der Waals surface area contributed by atoms with Crippen LogP contribution in [0.1, 0.15) is 11.1 Å². The number of anilines is 1. The van der Waals surface area contributed by atoms with Crippen molar-refractivity contribution in [3.8, 4) is 0 Å². The van der Waals surface area contributed by atoms with E-state index in [4.69, 9.17) is 4.74 Å². The summed E-state index contributed by atoms with van der Waals surface area (Å²) in [5.74, 6) is -0.367. The lowest BCUT2D eigenvalue weighted by Gasteiger charge is -2.35. The molecule has 0 aromatic heterocycles. The molecule has 2 aromatic carbocycles. The Hall–Kier alpha value is -3.83. The van der Waals surface area contributed by atoms with Crippen LogP contribution in [0.4, 0.5) is 29.3 Å². The van der Waals surface area contributed by atoms with Gasteiger partial charge in [0.15, 0.2) is 0 Å². The Morgan fingerprint density at radius 2 is 1.73 bits per heavy atom. The number of ether oxygens (including phenoxy) is 1. The maximum absolute atomic E-state index is 12.9. The number of halogens is 3. The van der Waals surface area contributed by atoms with Crippen LogP contribution >= 0.6 is 0 Å². The van der Waals surface area contributed by atoms with Crippen LogP contribution in [-0.2, 0) is 22.3 Å². The number of hydrogen-bond acceptors (Lipinski definition) is 6. The third-order valence-corrected chi connectivity index (χ3v) is 5.07. The van der Waals surface area contributed by atoms with E-state index in [2.05, 4.69) is 5.32 Å². The number of nitro groups is 1. The van der Waals surface area contributed by atoms with Crippen molar-refractivity contribution in [2.24, 2.45) is 0 Å². The highest BCUT2D eigenvalue weighted by Crippen LogP contribution is 2.36. The minimum absolute atomic E-state index is 0.0581. The number of carbonyl (C=O) groups is 2. The van der Waals surface area contributed by atoms with E-state index in [1.165, 1.54) is 4.90 Å². The van der Waals surface area contributed by atoms with Crippen LogP contribution in [0.25, 0.3) is 0 Å². The molecule has 33 heavy (non-hydrogen) atoms. The summed E-state index contributed by atoms with van der Waals surface area (Å²) in [4.78, 5) is 37.6. The first-order valence-corrected chi connectivity index (χ1v) is 9.98. The van der Waals surface area contributed by atoms with E-state index < -0.39 is 28.4 Å². The van der Waals surface area contributed by atoms with Crippen molar-refractivity contribution in [3.63, 3.8) is 0 Å². The summed E-state index contributed by atoms with van der Waals surface area (Å²) in [6.45, 7) is 0.543. The summed E-state index contributed by atoms with van der Waals surface area (Å²) in [5, 5.41) is 13.7. The van der Waals surface area contributed by atoms with Crippen LogP contribution in [0.15, 0.2) is 48.5 Å². The first-order chi connectivity index (χ1) is 15.6. The van der Waals surface area contributed by atoms with Gasteiger partial charge in [0.05, 0.1) is 10.5 Å². The molecule has 2 aromatic rings. The van der Waals surface area contributed by atoms with Crippen LogP contribution < -0.4 is 10.2 Å². The van der Waals surface area contributed by atoms with Crippen molar-refractivity contribution < 1.29 is 32.4 Å². The van der Waals surface area contributed by atoms with Gasteiger partial charge in [-0.15, -0.1) is 0 Å². The van der Waals surface area contributed by atoms with Crippen molar-refractivity contribution in [2.45, 2.75) is 12.8 Å². The van der Waals surface area contributed by atoms with Gasteiger partial charge in [0.1, 0.15) is 18.8 Å². The molecule has 1 N–H and O–H groups in total. The second-order valence-electron chi connectivity index (χ2n) is 7.24. The van der Waals surface area contributed by atoms with Gasteiger partial charge in [-0.05, 0) is 17.7 Å². The van der Waals surface area contributed by atoms with Gasteiger partial charge < -0.3 is 19.9 Å². The van der Waals surface area contributed by atoms with Crippen molar-refractivity contribution in [1.82, 2.24) is 10.2 Å². The first kappa shape index (κ1) is 23.8. The fourth-order valence-corrected chi connectivity index (χ4v) is 3.34. The van der Waals surface area contributed by atoms with E-state index >= 15 is 0 Å². The zero-order valence-corrected chi connectivity index (χ0v) is 17.4. The van der Waals surface area contributed by atoms with E-state index in [-0.39, 0.29) is 50.9 Å². The molecule has 12 heteroatoms. The average molecular weight is 466 g/mol. The second-order valence-corrected chi connectivity index (χ2v) is 7.24. The number of benzene rings is 2. The van der Waals surface area contributed by atoms with Gasteiger partial charge in [0.2, 0.25) is 5.91 Å². The third-order valence-electron chi connectivity index (χ3n) is 5.07. The predicted octanol–water partition coefficient (Wildman–Crippen LogP) is 3.19. The van der Waals surface area contributed by atoms with E-state index in [9.17, 15) is 32.9 Å². The van der Waals surface area contributed by atoms with Gasteiger partial charge in [0.25, 0.3) is 5.69 Å². The highest BCUT2D eigenvalue weighted by Gasteiger charge is 2.34. The molecule has 1 saturated heterocycles. The quantitative estimate of drug-likeness (QED) is 0.518. The Kier molecular flexibility index (Phi) is 7.36. The summed E-state index contributed by atoms with van der Waals surface area (Å²) in [6.07, 6.45) is -5.44. The largest absolute Gasteiger partial charge is 0.445 e. The maximum atomic E-state index is 12.9. The summed E-state index contributed by atoms with van der Waals surface area (Å²) >= 11 is 0. The monoisotopic (exact) mass is 466 g/mol. The molecule has 0 aliphatic carbocycles. The van der Waals surface area contributed by atoms with Gasteiger partial charge in [-0.3, -0.25) is 14.9 Å². The summed E-state index contributed by atoms with van der Waals surface area (Å²) in [6, 6.07) is 11.4. The van der Waals surface area contributed by atoms with Crippen molar-refractivity contribution in [2.75, 3.05) is 37.6 Å². The average Bonchev–Trinajstić information content (AvgIpc) is 2.81. The maximum Gasteiger partial charge on any atom is 0.416 e. The fourth-order valence-electron chi connectivity index (χ4n) is 3.34. The molecule has 176 valence electrons. The molecule has 0 unspecified atom stereocenters. The normalized spacial score (nSPS) is 14.0. The first-order valence-electron chi connectivity index (χ1n) is 9.98. The lowest BCUT2D eigenvalue weighted by Crippen LogP contribution is -2.51. The highest BCUT2D eigenvalue weighted by molar-refractivity contribution is 5.82. The molecular formula is C21H21F3N4O5. The minimum atomic E-state index is -4.69. The zero-order valence-electron chi connectivity index (χ0n) is 17.4. The Bertz CT molecular complexity index is 1010. The summed E-state index contributed by atoms with van der Waals surface area (Å²) in [7, 11) is 0. The van der Waals surface area contributed by atoms with Crippen LogP contribution in [0, 0.1) is 10.1 Å². The lowest BCUT2D eigenvalue weighted by atomic mass is 10.1. The molecule has 9 nitrogen and oxygen atoms in total. The number of carbonyl (C=O) groups excluding carboxylic acids is 2. The van der Waals surface area contributed by atoms with E-state index in [0.717, 1.165) is 17.7 Å². The summed E-state index contributed by atoms with van der Waals surface area (Å²) in [5.41, 5.74) is -0.889. The Labute approximate surface area is 186 Å².